The molecule has 21 heavy (non-hydrogen) atoms. The summed E-state index contributed by atoms with van der Waals surface area (Å²) < 4.78 is 5.90. The van der Waals surface area contributed by atoms with Gasteiger partial charge in [0.2, 0.25) is 0 Å². The summed E-state index contributed by atoms with van der Waals surface area (Å²) in [6.45, 7) is 2.98. The van der Waals surface area contributed by atoms with Gasteiger partial charge in [0.1, 0.15) is 0 Å². The number of aliphatic hydroxyl groups excluding tert-OH is 1. The lowest BCUT2D eigenvalue weighted by atomic mass is 9.94. The van der Waals surface area contributed by atoms with Crippen LogP contribution in [0.5, 0.6) is 0 Å². The predicted molar refractivity (Wildman–Crippen MR) is 86.3 cm³/mol. The van der Waals surface area contributed by atoms with Gasteiger partial charge in [-0.3, -0.25) is 0 Å². The zero-order chi connectivity index (χ0) is 14.7. The Kier molecular flexibility index (Phi) is 4.37. The number of rotatable bonds is 4. The van der Waals surface area contributed by atoms with E-state index in [1.807, 2.05) is 0 Å². The normalized spacial score (nSPS) is 22.3. The molecule has 2 heteroatoms. The molecule has 0 bridgehead atoms. The van der Waals surface area contributed by atoms with Crippen LogP contribution in [0.2, 0.25) is 0 Å². The van der Waals surface area contributed by atoms with E-state index in [0.717, 1.165) is 25.0 Å². The van der Waals surface area contributed by atoms with Crippen molar-refractivity contribution in [3.8, 4) is 0 Å². The van der Waals surface area contributed by atoms with Crippen molar-refractivity contribution in [2.75, 3.05) is 13.2 Å². The molecule has 1 heterocycles. The van der Waals surface area contributed by atoms with Crippen molar-refractivity contribution in [3.05, 3.63) is 59.7 Å². The molecule has 110 valence electrons. The van der Waals surface area contributed by atoms with Crippen molar-refractivity contribution >= 4 is 10.8 Å². The molecule has 0 saturated heterocycles. The molecule has 3 rings (SSSR count). The summed E-state index contributed by atoms with van der Waals surface area (Å²) >= 11 is 0. The molecular formula is C19H22O2. The minimum absolute atomic E-state index is 0.0603. The molecule has 0 saturated carbocycles. The first-order chi connectivity index (χ1) is 10.3. The summed E-state index contributed by atoms with van der Waals surface area (Å²) in [6, 6.07) is 14.9. The Balaban J connectivity index is 1.76. The lowest BCUT2D eigenvalue weighted by molar-refractivity contribution is 0.0381. The van der Waals surface area contributed by atoms with Crippen LogP contribution in [0.15, 0.2) is 54.1 Å². The van der Waals surface area contributed by atoms with Gasteiger partial charge in [-0.25, -0.2) is 0 Å². The lowest BCUT2D eigenvalue weighted by Gasteiger charge is -2.27. The van der Waals surface area contributed by atoms with Crippen molar-refractivity contribution in [1.82, 2.24) is 0 Å². The molecule has 0 fully saturated rings. The van der Waals surface area contributed by atoms with Gasteiger partial charge in [0.05, 0.1) is 19.3 Å². The van der Waals surface area contributed by atoms with E-state index in [2.05, 4.69) is 55.5 Å². The van der Waals surface area contributed by atoms with Crippen molar-refractivity contribution in [2.45, 2.75) is 25.9 Å². The molecule has 1 aliphatic heterocycles. The third-order valence-electron chi connectivity index (χ3n) is 4.21. The smallest absolute Gasteiger partial charge is 0.0810 e. The van der Waals surface area contributed by atoms with Gasteiger partial charge in [-0.1, -0.05) is 55.5 Å². The molecule has 1 aliphatic rings. The van der Waals surface area contributed by atoms with E-state index in [0.29, 0.717) is 5.92 Å². The molecule has 2 aromatic rings. The molecule has 2 aromatic carbocycles. The van der Waals surface area contributed by atoms with Gasteiger partial charge in [0.25, 0.3) is 0 Å². The van der Waals surface area contributed by atoms with Crippen molar-refractivity contribution in [2.24, 2.45) is 5.92 Å². The van der Waals surface area contributed by atoms with Crippen molar-refractivity contribution in [1.29, 1.82) is 0 Å². The maximum atomic E-state index is 9.50. The number of benzene rings is 2. The fourth-order valence-electron chi connectivity index (χ4n) is 3.12. The first kappa shape index (κ1) is 14.3. The minimum atomic E-state index is 0.0603. The molecule has 2 nitrogen and oxygen atoms in total. The maximum Gasteiger partial charge on any atom is 0.0810 e. The fourth-order valence-corrected chi connectivity index (χ4v) is 3.12. The Bertz CT molecular complexity index is 640. The van der Waals surface area contributed by atoms with E-state index < -0.39 is 0 Å². The van der Waals surface area contributed by atoms with E-state index >= 15 is 0 Å². The highest BCUT2D eigenvalue weighted by atomic mass is 16.5. The molecule has 1 N–H and O–H groups in total. The van der Waals surface area contributed by atoms with Crippen LogP contribution < -0.4 is 0 Å². The first-order valence-electron chi connectivity index (χ1n) is 7.67. The Hall–Kier alpha value is -1.64. The van der Waals surface area contributed by atoms with Gasteiger partial charge < -0.3 is 9.84 Å². The van der Waals surface area contributed by atoms with Gasteiger partial charge in [-0.2, -0.15) is 0 Å². The zero-order valence-electron chi connectivity index (χ0n) is 12.5. The molecule has 0 aromatic heterocycles. The summed E-state index contributed by atoms with van der Waals surface area (Å²) in [7, 11) is 0. The fraction of sp³-hybridized carbons (Fsp3) is 0.368. The van der Waals surface area contributed by atoms with Crippen LogP contribution in [-0.2, 0) is 11.2 Å². The maximum absolute atomic E-state index is 9.50. The number of hydrogen-bond donors (Lipinski definition) is 1. The predicted octanol–water partition coefficient (Wildman–Crippen LogP) is 3.73. The molecule has 2 atom stereocenters. The number of aliphatic hydroxyl groups is 1. The number of aryl methyl sites for hydroxylation is 1. The van der Waals surface area contributed by atoms with Crippen molar-refractivity contribution < 1.29 is 9.84 Å². The van der Waals surface area contributed by atoms with Gasteiger partial charge >= 0.3 is 0 Å². The largest absolute Gasteiger partial charge is 0.392 e. The highest BCUT2D eigenvalue weighted by Crippen LogP contribution is 2.25. The third-order valence-corrected chi connectivity index (χ3v) is 4.21. The standard InChI is InChI=1S/C19H22O2/c1-14-11-17(12-20)19(21-13-14)10-9-16-7-4-6-15-5-2-3-8-18(15)16/h2-8,11,14,19-20H,9-10,12-13H2,1H3/t14-,19+/m1/s1. The molecule has 0 spiro atoms. The average molecular weight is 282 g/mol. The monoisotopic (exact) mass is 282 g/mol. The van der Waals surface area contributed by atoms with Crippen LogP contribution in [-0.4, -0.2) is 24.4 Å². The summed E-state index contributed by atoms with van der Waals surface area (Å²) in [6.07, 6.45) is 4.12. The first-order valence-corrected chi connectivity index (χ1v) is 7.67. The summed E-state index contributed by atoms with van der Waals surface area (Å²) in [4.78, 5) is 0. The molecule has 0 amide bonds. The zero-order valence-corrected chi connectivity index (χ0v) is 12.5. The van der Waals surface area contributed by atoms with Crippen LogP contribution in [0.3, 0.4) is 0 Å². The van der Waals surface area contributed by atoms with Gasteiger partial charge in [0.15, 0.2) is 0 Å². The van der Waals surface area contributed by atoms with E-state index in [1.165, 1.54) is 16.3 Å². The van der Waals surface area contributed by atoms with Gasteiger partial charge in [-0.05, 0) is 40.7 Å². The molecule has 0 aliphatic carbocycles. The summed E-state index contributed by atoms with van der Waals surface area (Å²) in [5.41, 5.74) is 2.39. The van der Waals surface area contributed by atoms with Crippen LogP contribution in [0, 0.1) is 5.92 Å². The Morgan fingerprint density at radius 1 is 1.14 bits per heavy atom. The van der Waals surface area contributed by atoms with Crippen LogP contribution >= 0.6 is 0 Å². The molecule has 0 radical (unpaired) electrons. The van der Waals surface area contributed by atoms with E-state index in [9.17, 15) is 5.11 Å². The molecule has 0 unspecified atom stereocenters. The van der Waals surface area contributed by atoms with Crippen LogP contribution in [0.25, 0.3) is 10.8 Å². The summed E-state index contributed by atoms with van der Waals surface area (Å²) in [5, 5.41) is 12.1. The van der Waals surface area contributed by atoms with E-state index in [4.69, 9.17) is 4.74 Å². The minimum Gasteiger partial charge on any atom is -0.392 e. The quantitative estimate of drug-likeness (QED) is 0.866. The Morgan fingerprint density at radius 2 is 1.95 bits per heavy atom. The second-order valence-corrected chi connectivity index (χ2v) is 5.88. The van der Waals surface area contributed by atoms with Gasteiger partial charge in [0, 0.05) is 0 Å². The highest BCUT2D eigenvalue weighted by molar-refractivity contribution is 5.85. The highest BCUT2D eigenvalue weighted by Gasteiger charge is 2.21. The van der Waals surface area contributed by atoms with E-state index in [1.54, 1.807) is 0 Å². The number of hydrogen-bond acceptors (Lipinski definition) is 2. The Morgan fingerprint density at radius 3 is 2.81 bits per heavy atom. The lowest BCUT2D eigenvalue weighted by Crippen LogP contribution is -2.27. The summed E-state index contributed by atoms with van der Waals surface area (Å²) in [5.74, 6) is 0.404. The number of ether oxygens (including phenoxy) is 1. The van der Waals surface area contributed by atoms with Crippen molar-refractivity contribution in [3.63, 3.8) is 0 Å². The second kappa shape index (κ2) is 6.42. The van der Waals surface area contributed by atoms with Gasteiger partial charge in [-0.15, -0.1) is 0 Å². The number of fused-ring (bicyclic) bond motifs is 1. The third kappa shape index (κ3) is 3.17. The SMILES string of the molecule is C[C@@H]1C=C(CO)[C@H](CCc2cccc3ccccc23)OC1. The molecular weight excluding hydrogens is 260 g/mol. The second-order valence-electron chi connectivity index (χ2n) is 5.88. The van der Waals surface area contributed by atoms with Crippen LogP contribution in [0.1, 0.15) is 18.9 Å². The van der Waals surface area contributed by atoms with Crippen LogP contribution in [0.4, 0.5) is 0 Å². The Labute approximate surface area is 126 Å². The average Bonchev–Trinajstić information content (AvgIpc) is 2.53. The topological polar surface area (TPSA) is 29.5 Å². The van der Waals surface area contributed by atoms with E-state index in [-0.39, 0.29) is 12.7 Å².